The fraction of sp³-hybridized carbons (Fsp3) is 0.250. The summed E-state index contributed by atoms with van der Waals surface area (Å²) in [5, 5.41) is 5.42. The van der Waals surface area contributed by atoms with Crippen molar-refractivity contribution in [3.8, 4) is 0 Å². The first kappa shape index (κ1) is 17.7. The Morgan fingerprint density at radius 3 is 2.58 bits per heavy atom. The Morgan fingerprint density at radius 2 is 1.85 bits per heavy atom. The quantitative estimate of drug-likeness (QED) is 0.868. The van der Waals surface area contributed by atoms with Gasteiger partial charge in [-0.15, -0.1) is 0 Å². The van der Waals surface area contributed by atoms with Crippen LogP contribution in [0.3, 0.4) is 0 Å². The van der Waals surface area contributed by atoms with E-state index in [1.165, 1.54) is 6.92 Å². The summed E-state index contributed by atoms with van der Waals surface area (Å²) in [5.74, 6) is -0.330. The molecule has 0 unspecified atom stereocenters. The lowest BCUT2D eigenvalue weighted by Crippen LogP contribution is -2.28. The fourth-order valence-electron chi connectivity index (χ4n) is 3.00. The van der Waals surface area contributed by atoms with Crippen LogP contribution in [0.2, 0.25) is 0 Å². The number of nitrogens with zero attached hydrogens (tertiary/aromatic N) is 1. The maximum absolute atomic E-state index is 12.7. The van der Waals surface area contributed by atoms with Crippen molar-refractivity contribution >= 4 is 29.1 Å². The molecule has 2 aromatic rings. The molecule has 6 heteroatoms. The van der Waals surface area contributed by atoms with E-state index >= 15 is 0 Å². The molecule has 6 nitrogen and oxygen atoms in total. The highest BCUT2D eigenvalue weighted by Crippen LogP contribution is 2.31. The predicted octanol–water partition coefficient (Wildman–Crippen LogP) is 2.35. The second kappa shape index (κ2) is 7.82. The van der Waals surface area contributed by atoms with Gasteiger partial charge in [-0.2, -0.15) is 0 Å². The van der Waals surface area contributed by atoms with Crippen molar-refractivity contribution in [2.24, 2.45) is 0 Å². The summed E-state index contributed by atoms with van der Waals surface area (Å²) < 4.78 is 0. The SMILES string of the molecule is CC(=O)NCCC(=O)Nc1ccc2c(c1)CCN2C(=O)c1ccccc1. The van der Waals surface area contributed by atoms with Gasteiger partial charge in [-0.1, -0.05) is 18.2 Å². The molecule has 0 atom stereocenters. The summed E-state index contributed by atoms with van der Waals surface area (Å²) in [4.78, 5) is 37.2. The molecule has 3 rings (SSSR count). The molecule has 26 heavy (non-hydrogen) atoms. The molecule has 2 aromatic carbocycles. The van der Waals surface area contributed by atoms with Gasteiger partial charge in [-0.05, 0) is 42.3 Å². The zero-order valence-corrected chi connectivity index (χ0v) is 14.6. The van der Waals surface area contributed by atoms with Crippen LogP contribution in [-0.4, -0.2) is 30.8 Å². The van der Waals surface area contributed by atoms with Gasteiger partial charge in [0.25, 0.3) is 5.91 Å². The van der Waals surface area contributed by atoms with E-state index in [-0.39, 0.29) is 24.1 Å². The van der Waals surface area contributed by atoms with Crippen LogP contribution in [0.15, 0.2) is 48.5 Å². The lowest BCUT2D eigenvalue weighted by molar-refractivity contribution is -0.119. The fourth-order valence-corrected chi connectivity index (χ4v) is 3.00. The number of nitrogens with one attached hydrogen (secondary N) is 2. The van der Waals surface area contributed by atoms with Crippen molar-refractivity contribution < 1.29 is 14.4 Å². The van der Waals surface area contributed by atoms with Crippen molar-refractivity contribution in [3.05, 3.63) is 59.7 Å². The number of carbonyl (C=O) groups is 3. The number of rotatable bonds is 5. The summed E-state index contributed by atoms with van der Waals surface area (Å²) in [6.45, 7) is 2.36. The van der Waals surface area contributed by atoms with E-state index in [1.807, 2.05) is 42.5 Å². The molecule has 0 bridgehead atoms. The first-order valence-corrected chi connectivity index (χ1v) is 8.59. The second-order valence-electron chi connectivity index (χ2n) is 6.20. The van der Waals surface area contributed by atoms with Gasteiger partial charge in [0.05, 0.1) is 0 Å². The largest absolute Gasteiger partial charge is 0.356 e. The third-order valence-corrected chi connectivity index (χ3v) is 4.25. The highest BCUT2D eigenvalue weighted by Gasteiger charge is 2.25. The monoisotopic (exact) mass is 351 g/mol. The highest BCUT2D eigenvalue weighted by atomic mass is 16.2. The van der Waals surface area contributed by atoms with Crippen molar-refractivity contribution in [2.75, 3.05) is 23.3 Å². The number of amides is 3. The normalized spacial score (nSPS) is 12.4. The Balaban J connectivity index is 1.66. The Morgan fingerprint density at radius 1 is 1.08 bits per heavy atom. The Hall–Kier alpha value is -3.15. The number of hydrogen-bond acceptors (Lipinski definition) is 3. The molecule has 0 aliphatic carbocycles. The van der Waals surface area contributed by atoms with Gasteiger partial charge >= 0.3 is 0 Å². The third-order valence-electron chi connectivity index (χ3n) is 4.25. The van der Waals surface area contributed by atoms with Crippen LogP contribution in [0.25, 0.3) is 0 Å². The van der Waals surface area contributed by atoms with Crippen LogP contribution < -0.4 is 15.5 Å². The smallest absolute Gasteiger partial charge is 0.258 e. The minimum Gasteiger partial charge on any atom is -0.356 e. The average Bonchev–Trinajstić information content (AvgIpc) is 3.04. The Bertz CT molecular complexity index is 833. The van der Waals surface area contributed by atoms with E-state index in [0.717, 1.165) is 17.7 Å². The summed E-state index contributed by atoms with van der Waals surface area (Å²) in [5.41, 5.74) is 3.28. The van der Waals surface area contributed by atoms with Gasteiger partial charge in [0, 0.05) is 43.4 Å². The van der Waals surface area contributed by atoms with E-state index in [0.29, 0.717) is 24.3 Å². The van der Waals surface area contributed by atoms with E-state index in [2.05, 4.69) is 10.6 Å². The number of benzene rings is 2. The predicted molar refractivity (Wildman–Crippen MR) is 100 cm³/mol. The lowest BCUT2D eigenvalue weighted by Gasteiger charge is -2.17. The molecule has 1 heterocycles. The molecule has 134 valence electrons. The molecule has 0 fully saturated rings. The van der Waals surface area contributed by atoms with Crippen molar-refractivity contribution in [1.29, 1.82) is 0 Å². The molecule has 0 spiro atoms. The van der Waals surface area contributed by atoms with Gasteiger partial charge in [0.2, 0.25) is 11.8 Å². The van der Waals surface area contributed by atoms with Gasteiger partial charge in [-0.3, -0.25) is 14.4 Å². The van der Waals surface area contributed by atoms with E-state index in [1.54, 1.807) is 11.0 Å². The molecule has 3 amide bonds. The van der Waals surface area contributed by atoms with Gasteiger partial charge in [-0.25, -0.2) is 0 Å². The molecule has 0 saturated carbocycles. The molecule has 0 saturated heterocycles. The van der Waals surface area contributed by atoms with E-state index < -0.39 is 0 Å². The van der Waals surface area contributed by atoms with Gasteiger partial charge in [0.1, 0.15) is 0 Å². The maximum Gasteiger partial charge on any atom is 0.258 e. The Kier molecular flexibility index (Phi) is 5.31. The minimum atomic E-state index is -0.158. The summed E-state index contributed by atoms with van der Waals surface area (Å²) in [6.07, 6.45) is 0.971. The molecule has 1 aliphatic heterocycles. The average molecular weight is 351 g/mol. The molecule has 2 N–H and O–H groups in total. The van der Waals surface area contributed by atoms with E-state index in [9.17, 15) is 14.4 Å². The second-order valence-corrected chi connectivity index (χ2v) is 6.20. The molecule has 0 radical (unpaired) electrons. The zero-order chi connectivity index (χ0) is 18.5. The van der Waals surface area contributed by atoms with Crippen LogP contribution in [0, 0.1) is 0 Å². The summed E-state index contributed by atoms with van der Waals surface area (Å²) in [6, 6.07) is 14.8. The molecular formula is C20H21N3O3. The molecular weight excluding hydrogens is 330 g/mol. The summed E-state index contributed by atoms with van der Waals surface area (Å²) in [7, 11) is 0. The number of fused-ring (bicyclic) bond motifs is 1. The molecule has 0 aromatic heterocycles. The van der Waals surface area contributed by atoms with Crippen LogP contribution in [0.1, 0.15) is 29.3 Å². The Labute approximate surface area is 152 Å². The number of carbonyl (C=O) groups excluding carboxylic acids is 3. The van der Waals surface area contributed by atoms with E-state index in [4.69, 9.17) is 0 Å². The van der Waals surface area contributed by atoms with Crippen LogP contribution in [0.4, 0.5) is 11.4 Å². The topological polar surface area (TPSA) is 78.5 Å². The number of anilines is 2. The molecule has 1 aliphatic rings. The zero-order valence-electron chi connectivity index (χ0n) is 14.6. The van der Waals surface area contributed by atoms with Crippen LogP contribution in [0.5, 0.6) is 0 Å². The lowest BCUT2D eigenvalue weighted by atomic mass is 10.1. The first-order valence-electron chi connectivity index (χ1n) is 8.59. The first-order chi connectivity index (χ1) is 12.5. The maximum atomic E-state index is 12.7. The third kappa shape index (κ3) is 4.08. The van der Waals surface area contributed by atoms with Crippen molar-refractivity contribution in [2.45, 2.75) is 19.8 Å². The highest BCUT2D eigenvalue weighted by molar-refractivity contribution is 6.07. The van der Waals surface area contributed by atoms with Crippen LogP contribution in [-0.2, 0) is 16.0 Å². The standard InChI is InChI=1S/C20H21N3O3/c1-14(24)21-11-9-19(25)22-17-7-8-18-16(13-17)10-12-23(18)20(26)15-5-3-2-4-6-15/h2-8,13H,9-12H2,1H3,(H,21,24)(H,22,25). The van der Waals surface area contributed by atoms with Gasteiger partial charge < -0.3 is 15.5 Å². The van der Waals surface area contributed by atoms with Crippen molar-refractivity contribution in [1.82, 2.24) is 5.32 Å². The number of hydrogen-bond donors (Lipinski definition) is 2. The van der Waals surface area contributed by atoms with Gasteiger partial charge in [0.15, 0.2) is 0 Å². The minimum absolute atomic E-state index is 0.0172. The van der Waals surface area contributed by atoms with Crippen LogP contribution >= 0.6 is 0 Å². The van der Waals surface area contributed by atoms with Crippen molar-refractivity contribution in [3.63, 3.8) is 0 Å². The summed E-state index contributed by atoms with van der Waals surface area (Å²) >= 11 is 0.